The SMILES string of the molecule is C[C@H]1[C@@H]2CCC(C)(C)[C@H]1[C@]13O[C@@]1(C)C1(C[C@H]23)C(=O)OC(C)(C)OC1=O. The fourth-order valence-corrected chi connectivity index (χ4v) is 7.63. The number of epoxide rings is 1. The molecule has 3 aliphatic carbocycles. The Kier molecular flexibility index (Phi) is 2.53. The summed E-state index contributed by atoms with van der Waals surface area (Å²) in [6, 6.07) is 0. The number of hydrogen-bond acceptors (Lipinski definition) is 5. The first-order valence-electron chi connectivity index (χ1n) is 9.60. The third-order valence-electron chi connectivity index (χ3n) is 8.49. The van der Waals surface area contributed by atoms with E-state index in [9.17, 15) is 9.59 Å². The molecule has 5 nitrogen and oxygen atoms in total. The molecular formula is C20H28O5. The second kappa shape index (κ2) is 3.92. The molecular weight excluding hydrogens is 320 g/mol. The zero-order chi connectivity index (χ0) is 18.2. The van der Waals surface area contributed by atoms with Gasteiger partial charge in [-0.25, -0.2) is 0 Å². The van der Waals surface area contributed by atoms with Crippen molar-refractivity contribution in [1.29, 1.82) is 0 Å². The van der Waals surface area contributed by atoms with Crippen molar-refractivity contribution in [2.75, 3.05) is 0 Å². The van der Waals surface area contributed by atoms with Gasteiger partial charge in [-0.3, -0.25) is 9.59 Å². The van der Waals surface area contributed by atoms with Gasteiger partial charge in [0, 0.05) is 13.8 Å². The molecule has 5 fully saturated rings. The molecule has 2 spiro atoms. The topological polar surface area (TPSA) is 65.1 Å². The highest BCUT2D eigenvalue weighted by atomic mass is 16.8. The Hall–Kier alpha value is -1.10. The molecule has 2 heterocycles. The lowest BCUT2D eigenvalue weighted by Gasteiger charge is -2.45. The number of rotatable bonds is 0. The molecule has 0 aromatic rings. The molecule has 0 unspecified atom stereocenters. The normalized spacial score (nSPS) is 53.0. The first-order valence-corrected chi connectivity index (χ1v) is 9.60. The minimum Gasteiger partial charge on any atom is -0.422 e. The van der Waals surface area contributed by atoms with Crippen LogP contribution in [0.2, 0.25) is 0 Å². The van der Waals surface area contributed by atoms with Crippen molar-refractivity contribution < 1.29 is 23.8 Å². The third-order valence-corrected chi connectivity index (χ3v) is 8.49. The Bertz CT molecular complexity index is 689. The molecule has 0 aromatic carbocycles. The Labute approximate surface area is 148 Å². The lowest BCUT2D eigenvalue weighted by atomic mass is 9.59. The summed E-state index contributed by atoms with van der Waals surface area (Å²) in [5.41, 5.74) is -2.33. The van der Waals surface area contributed by atoms with Crippen molar-refractivity contribution in [3.63, 3.8) is 0 Å². The van der Waals surface area contributed by atoms with E-state index in [0.29, 0.717) is 24.2 Å². The van der Waals surface area contributed by atoms with Gasteiger partial charge < -0.3 is 14.2 Å². The van der Waals surface area contributed by atoms with Crippen molar-refractivity contribution >= 4 is 11.9 Å². The highest BCUT2D eigenvalue weighted by Gasteiger charge is 2.95. The van der Waals surface area contributed by atoms with E-state index < -0.39 is 28.7 Å². The van der Waals surface area contributed by atoms with Crippen molar-refractivity contribution in [3.8, 4) is 0 Å². The van der Waals surface area contributed by atoms with Crippen LogP contribution in [0.3, 0.4) is 0 Å². The summed E-state index contributed by atoms with van der Waals surface area (Å²) >= 11 is 0. The van der Waals surface area contributed by atoms with Crippen LogP contribution in [-0.4, -0.2) is 28.9 Å². The Morgan fingerprint density at radius 3 is 2.20 bits per heavy atom. The summed E-state index contributed by atoms with van der Waals surface area (Å²) in [4.78, 5) is 26.1. The highest BCUT2D eigenvalue weighted by molar-refractivity contribution is 6.05. The summed E-state index contributed by atoms with van der Waals surface area (Å²) in [7, 11) is 0. The van der Waals surface area contributed by atoms with Gasteiger partial charge in [0.15, 0.2) is 5.41 Å². The largest absolute Gasteiger partial charge is 0.422 e. The first-order chi connectivity index (χ1) is 11.4. The number of carbonyl (C=O) groups is 2. The minimum atomic E-state index is -1.29. The summed E-state index contributed by atoms with van der Waals surface area (Å²) < 4.78 is 17.6. The zero-order valence-corrected chi connectivity index (χ0v) is 16.0. The predicted octanol–water partition coefficient (Wildman–Crippen LogP) is 3.06. The van der Waals surface area contributed by atoms with Crippen molar-refractivity contribution in [1.82, 2.24) is 0 Å². The van der Waals surface area contributed by atoms with E-state index in [0.717, 1.165) is 6.42 Å². The van der Waals surface area contributed by atoms with Crippen molar-refractivity contribution in [2.24, 2.45) is 34.5 Å². The molecule has 2 aliphatic heterocycles. The molecule has 5 rings (SSSR count). The van der Waals surface area contributed by atoms with Gasteiger partial charge in [0.05, 0.1) is 0 Å². The van der Waals surface area contributed by atoms with Crippen LogP contribution < -0.4 is 0 Å². The second-order valence-corrected chi connectivity index (χ2v) is 10.4. The average molecular weight is 348 g/mol. The van der Waals surface area contributed by atoms with Gasteiger partial charge >= 0.3 is 11.9 Å². The van der Waals surface area contributed by atoms with Crippen LogP contribution in [-0.2, 0) is 23.8 Å². The van der Waals surface area contributed by atoms with E-state index in [2.05, 4.69) is 20.8 Å². The standard InChI is InChI=1S/C20H28O5/c1-10-11-7-8-16(2,3)13(10)20-12(11)9-19(18(20,6)25-20)14(21)23-17(4,5)24-15(19)22/h10-13H,7-9H2,1-6H3/t10-,11-,12+,13-,18-,20-/m0/s1. The van der Waals surface area contributed by atoms with Gasteiger partial charge in [0.1, 0.15) is 11.2 Å². The van der Waals surface area contributed by atoms with Crippen LogP contribution in [0.5, 0.6) is 0 Å². The molecule has 0 aromatic heterocycles. The molecule has 2 bridgehead atoms. The van der Waals surface area contributed by atoms with Crippen LogP contribution in [0.15, 0.2) is 0 Å². The van der Waals surface area contributed by atoms with Gasteiger partial charge in [0.2, 0.25) is 0 Å². The van der Waals surface area contributed by atoms with E-state index in [1.807, 2.05) is 6.92 Å². The number of carbonyl (C=O) groups excluding carboxylic acids is 2. The number of fused-ring (bicyclic) bond motifs is 4. The van der Waals surface area contributed by atoms with E-state index >= 15 is 0 Å². The number of ether oxygens (including phenoxy) is 3. The van der Waals surface area contributed by atoms with Crippen LogP contribution in [0.1, 0.15) is 60.8 Å². The summed E-state index contributed by atoms with van der Waals surface area (Å²) in [5.74, 6) is -0.436. The molecule has 5 aliphatic rings. The van der Waals surface area contributed by atoms with Crippen LogP contribution in [0.4, 0.5) is 0 Å². The third kappa shape index (κ3) is 1.42. The minimum absolute atomic E-state index is 0.149. The van der Waals surface area contributed by atoms with E-state index in [1.165, 1.54) is 6.42 Å². The molecule has 6 atom stereocenters. The lowest BCUT2D eigenvalue weighted by molar-refractivity contribution is -0.256. The zero-order valence-electron chi connectivity index (χ0n) is 16.0. The fraction of sp³-hybridized carbons (Fsp3) is 0.900. The molecule has 0 N–H and O–H groups in total. The monoisotopic (exact) mass is 348 g/mol. The quantitative estimate of drug-likeness (QED) is 0.382. The molecule has 2 saturated heterocycles. The fourth-order valence-electron chi connectivity index (χ4n) is 7.63. The molecule has 138 valence electrons. The Morgan fingerprint density at radius 2 is 1.60 bits per heavy atom. The predicted molar refractivity (Wildman–Crippen MR) is 88.2 cm³/mol. The Morgan fingerprint density at radius 1 is 1.00 bits per heavy atom. The number of cyclic esters (lactones) is 2. The van der Waals surface area contributed by atoms with E-state index in [-0.39, 0.29) is 16.9 Å². The van der Waals surface area contributed by atoms with Crippen molar-refractivity contribution in [2.45, 2.75) is 77.8 Å². The van der Waals surface area contributed by atoms with Crippen molar-refractivity contribution in [3.05, 3.63) is 0 Å². The maximum atomic E-state index is 13.1. The first kappa shape index (κ1) is 16.1. The summed E-state index contributed by atoms with van der Waals surface area (Å²) in [6.45, 7) is 12.1. The van der Waals surface area contributed by atoms with E-state index in [1.54, 1.807) is 13.8 Å². The summed E-state index contributed by atoms with van der Waals surface area (Å²) in [6.07, 6.45) is 2.83. The van der Waals surface area contributed by atoms with E-state index in [4.69, 9.17) is 14.2 Å². The molecule has 0 amide bonds. The maximum absolute atomic E-state index is 13.1. The molecule has 3 saturated carbocycles. The number of esters is 2. The van der Waals surface area contributed by atoms with Crippen LogP contribution in [0.25, 0.3) is 0 Å². The molecule has 5 heteroatoms. The van der Waals surface area contributed by atoms with Crippen LogP contribution >= 0.6 is 0 Å². The Balaban J connectivity index is 1.64. The number of hydrogen-bond donors (Lipinski definition) is 0. The maximum Gasteiger partial charge on any atom is 0.329 e. The summed E-state index contributed by atoms with van der Waals surface area (Å²) in [5, 5.41) is 0. The highest BCUT2D eigenvalue weighted by Crippen LogP contribution is 2.83. The van der Waals surface area contributed by atoms with Gasteiger partial charge in [-0.15, -0.1) is 0 Å². The molecule has 25 heavy (non-hydrogen) atoms. The molecule has 0 radical (unpaired) electrons. The second-order valence-electron chi connectivity index (χ2n) is 10.4. The van der Waals surface area contributed by atoms with Gasteiger partial charge in [-0.05, 0) is 55.3 Å². The van der Waals surface area contributed by atoms with Gasteiger partial charge in [0.25, 0.3) is 5.79 Å². The van der Waals surface area contributed by atoms with Crippen LogP contribution in [0, 0.1) is 34.5 Å². The lowest BCUT2D eigenvalue weighted by Crippen LogP contribution is -2.59. The van der Waals surface area contributed by atoms with Gasteiger partial charge in [-0.1, -0.05) is 20.8 Å². The average Bonchev–Trinajstić information content (AvgIpc) is 2.91. The smallest absolute Gasteiger partial charge is 0.329 e. The van der Waals surface area contributed by atoms with Gasteiger partial charge in [-0.2, -0.15) is 0 Å².